The van der Waals surface area contributed by atoms with E-state index in [0.717, 1.165) is 12.2 Å². The summed E-state index contributed by atoms with van der Waals surface area (Å²) in [6.07, 6.45) is 4.39. The molecule has 1 unspecified atom stereocenters. The molecule has 0 spiro atoms. The Morgan fingerprint density at radius 3 is 2.88 bits per heavy atom. The second-order valence-corrected chi connectivity index (χ2v) is 7.10. The molecule has 12 nitrogen and oxygen atoms in total. The summed E-state index contributed by atoms with van der Waals surface area (Å²) < 4.78 is 5.72. The minimum Gasteiger partial charge on any atom is -0.380 e. The molecule has 1 amide bonds. The molecule has 0 bridgehead atoms. The third-order valence-electron chi connectivity index (χ3n) is 4.71. The number of aromatic nitrogens is 5. The number of anilines is 3. The van der Waals surface area contributed by atoms with Crippen LogP contribution in [0.15, 0.2) is 42.9 Å². The second-order valence-electron chi connectivity index (χ2n) is 7.10. The second kappa shape index (κ2) is 10.9. The van der Waals surface area contributed by atoms with Crippen molar-refractivity contribution >= 4 is 23.2 Å². The number of pyridine rings is 1. The minimum absolute atomic E-state index is 0.0443. The van der Waals surface area contributed by atoms with Crippen LogP contribution in [-0.2, 0) is 11.3 Å². The molecule has 1 fully saturated rings. The molecular weight excluding hydrogens is 424 g/mol. The third kappa shape index (κ3) is 6.16. The van der Waals surface area contributed by atoms with Crippen molar-refractivity contribution in [2.75, 3.05) is 36.9 Å². The Kier molecular flexibility index (Phi) is 7.26. The maximum atomic E-state index is 12.8. The van der Waals surface area contributed by atoms with Crippen LogP contribution < -0.4 is 21.3 Å². The average Bonchev–Trinajstić information content (AvgIpc) is 2.88. The lowest BCUT2D eigenvalue weighted by Crippen LogP contribution is -2.42. The molecule has 168 valence electrons. The van der Waals surface area contributed by atoms with Gasteiger partial charge in [-0.05, 0) is 12.1 Å². The zero-order valence-electron chi connectivity index (χ0n) is 17.7. The van der Waals surface area contributed by atoms with Gasteiger partial charge in [-0.15, -0.1) is 10.2 Å². The van der Waals surface area contributed by atoms with Crippen LogP contribution in [0.2, 0.25) is 0 Å². The van der Waals surface area contributed by atoms with Gasteiger partial charge in [0, 0.05) is 31.9 Å². The lowest BCUT2D eigenvalue weighted by atomic mass is 10.2. The van der Waals surface area contributed by atoms with Crippen LogP contribution in [0.5, 0.6) is 0 Å². The fourth-order valence-electron chi connectivity index (χ4n) is 3.07. The van der Waals surface area contributed by atoms with Crippen molar-refractivity contribution in [3.8, 4) is 6.07 Å². The number of nitrogens with zero attached hydrogens (tertiary/aromatic N) is 6. The molecule has 3 aromatic heterocycles. The normalized spacial score (nSPS) is 15.3. The van der Waals surface area contributed by atoms with Gasteiger partial charge in [0.1, 0.15) is 11.9 Å². The molecule has 33 heavy (non-hydrogen) atoms. The van der Waals surface area contributed by atoms with Crippen molar-refractivity contribution in [2.45, 2.75) is 12.6 Å². The number of morpholine rings is 1. The van der Waals surface area contributed by atoms with Gasteiger partial charge in [-0.3, -0.25) is 9.78 Å². The Balaban J connectivity index is 1.50. The van der Waals surface area contributed by atoms with E-state index in [0.29, 0.717) is 37.0 Å². The quantitative estimate of drug-likeness (QED) is 0.383. The Morgan fingerprint density at radius 2 is 2.15 bits per heavy atom. The first kappa shape index (κ1) is 22.0. The summed E-state index contributed by atoms with van der Waals surface area (Å²) in [7, 11) is 0. The number of hydrogen-bond acceptors (Lipinski definition) is 11. The summed E-state index contributed by atoms with van der Waals surface area (Å²) >= 11 is 0. The van der Waals surface area contributed by atoms with Crippen molar-refractivity contribution in [3.05, 3.63) is 59.9 Å². The monoisotopic (exact) mass is 446 g/mol. The predicted molar refractivity (Wildman–Crippen MR) is 119 cm³/mol. The van der Waals surface area contributed by atoms with Crippen LogP contribution in [0.3, 0.4) is 0 Å². The summed E-state index contributed by atoms with van der Waals surface area (Å²) in [5.74, 6) is 0.366. The Labute approximate surface area is 189 Å². The number of carbonyl (C=O) groups excluding carboxylic acids is 1. The number of hydrogen-bond donors (Lipinski definition) is 4. The van der Waals surface area contributed by atoms with Gasteiger partial charge < -0.3 is 26.0 Å². The molecule has 3 aromatic rings. The highest BCUT2D eigenvalue weighted by molar-refractivity contribution is 5.97. The van der Waals surface area contributed by atoms with Gasteiger partial charge in [0.15, 0.2) is 17.2 Å². The molecule has 1 aliphatic heterocycles. The maximum absolute atomic E-state index is 12.8. The fourth-order valence-corrected chi connectivity index (χ4v) is 3.07. The third-order valence-corrected chi connectivity index (χ3v) is 4.71. The summed E-state index contributed by atoms with van der Waals surface area (Å²) in [6.45, 7) is 2.89. The minimum atomic E-state index is -0.386. The number of nitriles is 1. The van der Waals surface area contributed by atoms with Crippen molar-refractivity contribution in [3.63, 3.8) is 0 Å². The van der Waals surface area contributed by atoms with Crippen LogP contribution in [-0.4, -0.2) is 63.4 Å². The lowest BCUT2D eigenvalue weighted by molar-refractivity contribution is 0.0372. The molecule has 1 aliphatic rings. The number of amides is 1. The molecule has 1 atom stereocenters. The lowest BCUT2D eigenvalue weighted by Gasteiger charge is -2.24. The number of carbonyl (C=O) groups is 1. The van der Waals surface area contributed by atoms with Gasteiger partial charge in [0.2, 0.25) is 0 Å². The van der Waals surface area contributed by atoms with Crippen LogP contribution in [0, 0.1) is 11.3 Å². The number of ether oxygens (including phenoxy) is 1. The van der Waals surface area contributed by atoms with E-state index in [1.807, 2.05) is 24.3 Å². The Hall–Kier alpha value is -4.21. The zero-order valence-corrected chi connectivity index (χ0v) is 17.7. The fraction of sp³-hybridized carbons (Fsp3) is 0.286. The first-order chi connectivity index (χ1) is 16.2. The predicted octanol–water partition coefficient (Wildman–Crippen LogP) is 0.607. The van der Waals surface area contributed by atoms with E-state index >= 15 is 0 Å². The highest BCUT2D eigenvalue weighted by Crippen LogP contribution is 2.19. The van der Waals surface area contributed by atoms with Crippen LogP contribution in [0.25, 0.3) is 0 Å². The largest absolute Gasteiger partial charge is 0.380 e. The van der Waals surface area contributed by atoms with Crippen molar-refractivity contribution in [2.24, 2.45) is 0 Å². The molecule has 12 heteroatoms. The first-order valence-corrected chi connectivity index (χ1v) is 10.3. The summed E-state index contributed by atoms with van der Waals surface area (Å²) in [4.78, 5) is 25.1. The van der Waals surface area contributed by atoms with E-state index < -0.39 is 0 Å². The van der Waals surface area contributed by atoms with Crippen LogP contribution in [0.4, 0.5) is 17.3 Å². The molecule has 1 saturated heterocycles. The van der Waals surface area contributed by atoms with E-state index in [2.05, 4.69) is 46.4 Å². The molecular formula is C21H22N10O2. The molecule has 0 aliphatic carbocycles. The standard InChI is InChI=1S/C21H22N10O2/c22-8-15-10-27-19(13-25-15)29-18-7-17(26-12-16-11-23-5-6-33-16)20(31-30-18)21(32)28-9-14-3-1-2-4-24-14/h1-4,7,10,13,16,23H,5-6,9,11-12H2,(H,28,32)(H2,26,27,29,30). The van der Waals surface area contributed by atoms with Crippen molar-refractivity contribution < 1.29 is 9.53 Å². The van der Waals surface area contributed by atoms with E-state index in [-0.39, 0.29) is 29.9 Å². The van der Waals surface area contributed by atoms with Crippen LogP contribution >= 0.6 is 0 Å². The van der Waals surface area contributed by atoms with E-state index in [4.69, 9.17) is 10.00 Å². The maximum Gasteiger partial charge on any atom is 0.274 e. The van der Waals surface area contributed by atoms with E-state index in [1.54, 1.807) is 12.3 Å². The van der Waals surface area contributed by atoms with Gasteiger partial charge in [0.25, 0.3) is 5.91 Å². The van der Waals surface area contributed by atoms with E-state index in [1.165, 1.54) is 12.4 Å². The highest BCUT2D eigenvalue weighted by Gasteiger charge is 2.19. The number of nitrogens with one attached hydrogen (secondary N) is 4. The average molecular weight is 446 g/mol. The molecule has 4 heterocycles. The summed E-state index contributed by atoms with van der Waals surface area (Å²) in [6, 6.07) is 9.07. The molecule has 0 aromatic carbocycles. The van der Waals surface area contributed by atoms with Gasteiger partial charge >= 0.3 is 0 Å². The van der Waals surface area contributed by atoms with Gasteiger partial charge in [0.05, 0.1) is 43.0 Å². The van der Waals surface area contributed by atoms with Crippen molar-refractivity contribution in [1.82, 2.24) is 35.8 Å². The molecule has 4 rings (SSSR count). The Bertz CT molecular complexity index is 1110. The highest BCUT2D eigenvalue weighted by atomic mass is 16.5. The number of rotatable bonds is 8. The topological polar surface area (TPSA) is 163 Å². The van der Waals surface area contributed by atoms with E-state index in [9.17, 15) is 4.79 Å². The Morgan fingerprint density at radius 1 is 1.21 bits per heavy atom. The SMILES string of the molecule is N#Cc1cnc(Nc2cc(NCC3CNCCO3)c(C(=O)NCc3ccccn3)nn2)cn1. The van der Waals surface area contributed by atoms with Crippen molar-refractivity contribution in [1.29, 1.82) is 5.26 Å². The first-order valence-electron chi connectivity index (χ1n) is 10.3. The molecule has 0 radical (unpaired) electrons. The van der Waals surface area contributed by atoms with Gasteiger partial charge in [-0.2, -0.15) is 5.26 Å². The summed E-state index contributed by atoms with van der Waals surface area (Å²) in [5, 5.41) is 29.4. The van der Waals surface area contributed by atoms with Gasteiger partial charge in [-0.25, -0.2) is 9.97 Å². The van der Waals surface area contributed by atoms with Crippen LogP contribution in [0.1, 0.15) is 21.9 Å². The smallest absolute Gasteiger partial charge is 0.274 e. The molecule has 0 saturated carbocycles. The summed E-state index contributed by atoms with van der Waals surface area (Å²) in [5.41, 5.74) is 1.57. The van der Waals surface area contributed by atoms with Gasteiger partial charge in [-0.1, -0.05) is 6.07 Å². The molecule has 4 N–H and O–H groups in total. The zero-order chi connectivity index (χ0) is 22.9.